The molecule has 2 aromatic heterocycles. The zero-order valence-electron chi connectivity index (χ0n) is 14.2. The third kappa shape index (κ3) is 4.29. The Morgan fingerprint density at radius 2 is 1.07 bits per heavy atom. The van der Waals surface area contributed by atoms with Crippen molar-refractivity contribution in [2.75, 3.05) is 0 Å². The van der Waals surface area contributed by atoms with Gasteiger partial charge >= 0.3 is 0 Å². The summed E-state index contributed by atoms with van der Waals surface area (Å²) in [4.78, 5) is 13.5. The van der Waals surface area contributed by atoms with Gasteiger partial charge in [0.25, 0.3) is 0 Å². The fourth-order valence-electron chi connectivity index (χ4n) is 2.77. The van der Waals surface area contributed by atoms with E-state index in [0.717, 1.165) is 16.7 Å². The van der Waals surface area contributed by atoms with Crippen LogP contribution in [0.3, 0.4) is 0 Å². The molecule has 0 aliphatic carbocycles. The predicted molar refractivity (Wildman–Crippen MR) is 116 cm³/mol. The first kappa shape index (κ1) is 19.2. The number of benzene rings is 2. The Morgan fingerprint density at radius 1 is 0.571 bits per heavy atom. The molecule has 2 aromatic carbocycles. The van der Waals surface area contributed by atoms with E-state index in [1.165, 1.54) is 0 Å². The third-order valence-corrected chi connectivity index (χ3v) is 4.84. The van der Waals surface area contributed by atoms with Gasteiger partial charge in [0.1, 0.15) is 0 Å². The van der Waals surface area contributed by atoms with Crippen molar-refractivity contribution in [3.63, 3.8) is 0 Å². The van der Waals surface area contributed by atoms with Crippen molar-refractivity contribution in [2.24, 2.45) is 0 Å². The third-order valence-electron chi connectivity index (χ3n) is 3.96. The van der Waals surface area contributed by atoms with Gasteiger partial charge in [-0.25, -0.2) is 9.97 Å². The fourth-order valence-corrected chi connectivity index (χ4v) is 3.82. The van der Waals surface area contributed by atoms with Crippen molar-refractivity contribution in [3.05, 3.63) is 87.1 Å². The van der Waals surface area contributed by atoms with Crippen LogP contribution < -0.4 is 0 Å². The second-order valence-corrected chi connectivity index (χ2v) is 7.77. The molecule has 0 amide bonds. The maximum absolute atomic E-state index is 6.18. The first-order valence-corrected chi connectivity index (χ1v) is 9.71. The Morgan fingerprint density at radius 3 is 1.50 bits per heavy atom. The lowest BCUT2D eigenvalue weighted by atomic mass is 10.1. The van der Waals surface area contributed by atoms with Gasteiger partial charge in [0.05, 0.1) is 11.4 Å². The summed E-state index contributed by atoms with van der Waals surface area (Å²) in [6.07, 6.45) is 3.40. The minimum atomic E-state index is 0.521. The van der Waals surface area contributed by atoms with Crippen molar-refractivity contribution in [2.45, 2.75) is 0 Å². The van der Waals surface area contributed by atoms with Crippen LogP contribution in [0.1, 0.15) is 0 Å². The minimum absolute atomic E-state index is 0.521. The van der Waals surface area contributed by atoms with Gasteiger partial charge in [-0.05, 0) is 54.6 Å². The monoisotopic (exact) mass is 445 g/mol. The summed E-state index contributed by atoms with van der Waals surface area (Å²) in [7, 11) is 0. The average Bonchev–Trinajstić information content (AvgIpc) is 2.67. The number of hydrogen-bond acceptors (Lipinski definition) is 3. The van der Waals surface area contributed by atoms with E-state index in [1.807, 2.05) is 18.2 Å². The van der Waals surface area contributed by atoms with Crippen LogP contribution >= 0.6 is 46.4 Å². The molecule has 0 unspecified atom stereocenters. The highest BCUT2D eigenvalue weighted by molar-refractivity contribution is 6.35. The van der Waals surface area contributed by atoms with Gasteiger partial charge in [0.15, 0.2) is 5.82 Å². The van der Waals surface area contributed by atoms with Crippen LogP contribution in [-0.2, 0) is 0 Å². The van der Waals surface area contributed by atoms with Gasteiger partial charge in [-0.1, -0.05) is 46.4 Å². The molecule has 0 fully saturated rings. The van der Waals surface area contributed by atoms with Gasteiger partial charge in [-0.15, -0.1) is 0 Å². The summed E-state index contributed by atoms with van der Waals surface area (Å²) in [6.45, 7) is 0. The molecule has 2 heterocycles. The van der Waals surface area contributed by atoms with Crippen LogP contribution in [0, 0.1) is 0 Å². The highest BCUT2D eigenvalue weighted by Gasteiger charge is 2.12. The number of rotatable bonds is 3. The van der Waals surface area contributed by atoms with E-state index in [9.17, 15) is 0 Å². The first-order chi connectivity index (χ1) is 13.5. The van der Waals surface area contributed by atoms with E-state index in [2.05, 4.69) is 4.98 Å². The lowest BCUT2D eigenvalue weighted by Gasteiger charge is -2.10. The Hall–Kier alpha value is -2.17. The average molecular weight is 447 g/mol. The summed E-state index contributed by atoms with van der Waals surface area (Å²) in [5.41, 5.74) is 3.68. The SMILES string of the molecule is Clc1cc(Cl)cc(-c2cc(-c3cc(Cl)cc(Cl)c3)nc(-c3cccnc3)n2)c1. The normalized spacial score (nSPS) is 10.9. The maximum Gasteiger partial charge on any atom is 0.161 e. The lowest BCUT2D eigenvalue weighted by molar-refractivity contribution is 1.17. The van der Waals surface area contributed by atoms with Crippen molar-refractivity contribution >= 4 is 46.4 Å². The van der Waals surface area contributed by atoms with Crippen LogP contribution in [0.4, 0.5) is 0 Å². The zero-order valence-corrected chi connectivity index (χ0v) is 17.2. The second-order valence-electron chi connectivity index (χ2n) is 6.02. The zero-order chi connectivity index (χ0) is 19.7. The largest absolute Gasteiger partial charge is 0.264 e. The summed E-state index contributed by atoms with van der Waals surface area (Å²) < 4.78 is 0. The molecular formula is C21H11Cl4N3. The van der Waals surface area contributed by atoms with Gasteiger partial charge in [-0.2, -0.15) is 0 Å². The van der Waals surface area contributed by atoms with Gasteiger partial charge in [0.2, 0.25) is 0 Å². The van der Waals surface area contributed by atoms with Crippen molar-refractivity contribution in [1.82, 2.24) is 15.0 Å². The molecule has 3 nitrogen and oxygen atoms in total. The Bertz CT molecular complexity index is 1050. The number of aromatic nitrogens is 3. The van der Waals surface area contributed by atoms with E-state index < -0.39 is 0 Å². The number of nitrogens with zero attached hydrogens (tertiary/aromatic N) is 3. The van der Waals surface area contributed by atoms with Crippen molar-refractivity contribution in [1.29, 1.82) is 0 Å². The molecule has 0 N–H and O–H groups in total. The second kappa shape index (κ2) is 8.06. The number of halogens is 4. The maximum atomic E-state index is 6.18. The number of pyridine rings is 1. The Balaban J connectivity index is 1.95. The van der Waals surface area contributed by atoms with Crippen LogP contribution in [0.5, 0.6) is 0 Å². The molecular weight excluding hydrogens is 436 g/mol. The van der Waals surface area contributed by atoms with E-state index in [0.29, 0.717) is 37.3 Å². The summed E-state index contributed by atoms with van der Waals surface area (Å²) in [6, 6.07) is 16.1. The molecule has 0 saturated heterocycles. The van der Waals surface area contributed by atoms with E-state index in [-0.39, 0.29) is 0 Å². The number of hydrogen-bond donors (Lipinski definition) is 0. The van der Waals surface area contributed by atoms with Gasteiger partial charge in [0, 0.05) is 49.2 Å². The van der Waals surface area contributed by atoms with Crippen molar-refractivity contribution in [3.8, 4) is 33.9 Å². The molecule has 7 heteroatoms. The van der Waals surface area contributed by atoms with Gasteiger partial charge < -0.3 is 0 Å². The van der Waals surface area contributed by atoms with Crippen molar-refractivity contribution < 1.29 is 0 Å². The molecule has 138 valence electrons. The molecule has 0 aliphatic heterocycles. The van der Waals surface area contributed by atoms with E-state index in [1.54, 1.807) is 48.8 Å². The topological polar surface area (TPSA) is 38.7 Å². The predicted octanol–water partition coefficient (Wildman–Crippen LogP) is 7.49. The smallest absolute Gasteiger partial charge is 0.161 e. The molecule has 0 atom stereocenters. The van der Waals surface area contributed by atoms with Crippen LogP contribution in [0.15, 0.2) is 67.0 Å². The van der Waals surface area contributed by atoms with Gasteiger partial charge in [-0.3, -0.25) is 4.98 Å². The summed E-state index contributed by atoms with van der Waals surface area (Å²) in [5, 5.41) is 2.10. The molecule has 0 spiro atoms. The molecule has 0 saturated carbocycles. The minimum Gasteiger partial charge on any atom is -0.264 e. The summed E-state index contributed by atoms with van der Waals surface area (Å²) >= 11 is 24.7. The summed E-state index contributed by atoms with van der Waals surface area (Å²) in [5.74, 6) is 0.521. The Labute approximate surface area is 181 Å². The van der Waals surface area contributed by atoms with Crippen LogP contribution in [0.25, 0.3) is 33.9 Å². The highest BCUT2D eigenvalue weighted by Crippen LogP contribution is 2.32. The van der Waals surface area contributed by atoms with Crippen LogP contribution in [-0.4, -0.2) is 15.0 Å². The lowest BCUT2D eigenvalue weighted by Crippen LogP contribution is -1.96. The van der Waals surface area contributed by atoms with E-state index in [4.69, 9.17) is 56.4 Å². The molecule has 4 aromatic rings. The molecule has 0 bridgehead atoms. The standard InChI is InChI=1S/C21H11Cl4N3/c22-15-4-13(5-16(23)8-15)19-10-20(14-6-17(24)9-18(25)7-14)28-21(27-19)12-2-1-3-26-11-12/h1-11H. The molecule has 0 radical (unpaired) electrons. The molecule has 0 aliphatic rings. The first-order valence-electron chi connectivity index (χ1n) is 8.20. The molecule has 28 heavy (non-hydrogen) atoms. The highest BCUT2D eigenvalue weighted by atomic mass is 35.5. The molecule has 4 rings (SSSR count). The quantitative estimate of drug-likeness (QED) is 0.327. The van der Waals surface area contributed by atoms with E-state index >= 15 is 0 Å². The fraction of sp³-hybridized carbons (Fsp3) is 0. The van der Waals surface area contributed by atoms with Crippen LogP contribution in [0.2, 0.25) is 20.1 Å². The Kier molecular flexibility index (Phi) is 5.51.